The van der Waals surface area contributed by atoms with Crippen LogP contribution in [0.2, 0.25) is 0 Å². The lowest BCUT2D eigenvalue weighted by Gasteiger charge is -2.23. The first kappa shape index (κ1) is 40.7. The van der Waals surface area contributed by atoms with E-state index < -0.39 is 0 Å². The maximum atomic E-state index is 5.82. The molecule has 1 rings (SSSR count). The molecule has 0 saturated carbocycles. The molecule has 1 atom stereocenters. The Balaban J connectivity index is 2.31. The van der Waals surface area contributed by atoms with Crippen molar-refractivity contribution in [2.24, 2.45) is 5.92 Å². The van der Waals surface area contributed by atoms with Crippen molar-refractivity contribution in [3.8, 4) is 0 Å². The number of unbranched alkanes of at least 4 members (excludes halogenated alkanes) is 13. The molecule has 2 nitrogen and oxygen atoms in total. The normalized spacial score (nSPS) is 12.5. The Morgan fingerprint density at radius 1 is 0.756 bits per heavy atom. The van der Waals surface area contributed by atoms with Crippen LogP contribution in [-0.4, -0.2) is 13.7 Å². The van der Waals surface area contributed by atoms with Gasteiger partial charge in [-0.2, -0.15) is 0 Å². The summed E-state index contributed by atoms with van der Waals surface area (Å²) in [7, 11) is 1.78. The van der Waals surface area contributed by atoms with E-state index in [1.54, 1.807) is 7.11 Å². The molecule has 0 bridgehead atoms. The average Bonchev–Trinajstić information content (AvgIpc) is 3.04. The molecule has 0 aliphatic heterocycles. The second kappa shape index (κ2) is 29.1. The zero-order chi connectivity index (χ0) is 32.8. The van der Waals surface area contributed by atoms with Gasteiger partial charge in [0.15, 0.2) is 0 Å². The highest BCUT2D eigenvalue weighted by atomic mass is 16.7. The molecule has 0 aliphatic carbocycles. The maximum absolute atomic E-state index is 5.82. The second-order valence-corrected chi connectivity index (χ2v) is 13.2. The van der Waals surface area contributed by atoms with Gasteiger partial charge in [-0.1, -0.05) is 159 Å². The lowest BCUT2D eigenvalue weighted by molar-refractivity contribution is 0.165. The van der Waals surface area contributed by atoms with E-state index in [0.29, 0.717) is 0 Å². The number of hydroxylamine groups is 1. The summed E-state index contributed by atoms with van der Waals surface area (Å²) in [6, 6.07) is 6.72. The van der Waals surface area contributed by atoms with Gasteiger partial charge in [0.1, 0.15) is 0 Å². The van der Waals surface area contributed by atoms with Crippen molar-refractivity contribution in [1.82, 2.24) is 0 Å². The number of anilines is 1. The first-order valence-electron chi connectivity index (χ1n) is 18.7. The summed E-state index contributed by atoms with van der Waals surface area (Å²) in [5.74, 6) is 0.818. The van der Waals surface area contributed by atoms with Crippen molar-refractivity contribution >= 4 is 11.8 Å². The van der Waals surface area contributed by atoms with Crippen molar-refractivity contribution < 1.29 is 4.84 Å². The fourth-order valence-electron chi connectivity index (χ4n) is 5.78. The Labute approximate surface area is 280 Å². The van der Waals surface area contributed by atoms with Crippen LogP contribution in [0.5, 0.6) is 0 Å². The summed E-state index contributed by atoms with van der Waals surface area (Å²) in [5, 5.41) is 2.05. The Morgan fingerprint density at radius 3 is 2.11 bits per heavy atom. The number of rotatable bonds is 30. The zero-order valence-corrected chi connectivity index (χ0v) is 30.2. The van der Waals surface area contributed by atoms with Crippen LogP contribution in [0, 0.1) is 5.92 Å². The highest BCUT2D eigenvalue weighted by Crippen LogP contribution is 2.24. The minimum Gasteiger partial charge on any atom is -0.277 e. The Hall–Kier alpha value is -2.32. The number of benzene rings is 1. The summed E-state index contributed by atoms with van der Waals surface area (Å²) in [4.78, 5) is 5.82. The number of nitrogens with zero attached hydrogens (tertiary/aromatic N) is 1. The van der Waals surface area contributed by atoms with Gasteiger partial charge in [-0.25, -0.2) is 0 Å². The van der Waals surface area contributed by atoms with Crippen LogP contribution in [0.1, 0.15) is 160 Å². The van der Waals surface area contributed by atoms with E-state index in [1.807, 2.05) is 11.1 Å². The number of allylic oxidation sites excluding steroid dienone is 7. The van der Waals surface area contributed by atoms with E-state index in [2.05, 4.69) is 88.6 Å². The molecule has 0 fully saturated rings. The predicted molar refractivity (Wildman–Crippen MR) is 204 cm³/mol. The van der Waals surface area contributed by atoms with E-state index in [-0.39, 0.29) is 0 Å². The predicted octanol–water partition coefficient (Wildman–Crippen LogP) is 13.9. The first-order chi connectivity index (χ1) is 22.0. The van der Waals surface area contributed by atoms with Crippen LogP contribution in [0.3, 0.4) is 0 Å². The van der Waals surface area contributed by atoms with Crippen molar-refractivity contribution in [2.45, 2.75) is 156 Å². The lowest BCUT2D eigenvalue weighted by atomic mass is 9.97. The standard InChI is InChI=1S/C43H71NO/c1-7-10-12-14-15-16-17-18-19-20-21-26-30-34-44(45-6)43-37-41(9-3)36-42(38-43)35-40(5)33-29-25-22-24-28-32-39(4)31-27-23-13-11-8-2/h9,15-18,23,27,36-39H,3,5,7-8,10-14,19-22,24-26,28-35H2,1-2,4,6H3/b16-15+,18-17+,27-23+. The monoisotopic (exact) mass is 618 g/mol. The molecule has 1 unspecified atom stereocenters. The minimum absolute atomic E-state index is 0.818. The summed E-state index contributed by atoms with van der Waals surface area (Å²) in [6.45, 7) is 16.3. The van der Waals surface area contributed by atoms with Crippen LogP contribution in [0.15, 0.2) is 73.4 Å². The lowest BCUT2D eigenvalue weighted by Crippen LogP contribution is -2.23. The quantitative estimate of drug-likeness (QED) is 0.0368. The second-order valence-electron chi connectivity index (χ2n) is 13.2. The molecular weight excluding hydrogens is 546 g/mol. The first-order valence-corrected chi connectivity index (χ1v) is 18.7. The van der Waals surface area contributed by atoms with Crippen molar-refractivity contribution in [1.29, 1.82) is 0 Å². The Morgan fingerprint density at radius 2 is 1.40 bits per heavy atom. The summed E-state index contributed by atoms with van der Waals surface area (Å²) < 4.78 is 0. The molecule has 1 aromatic rings. The third-order valence-corrected chi connectivity index (χ3v) is 8.69. The van der Waals surface area contributed by atoms with Crippen molar-refractivity contribution in [2.75, 3.05) is 18.7 Å². The van der Waals surface area contributed by atoms with Gasteiger partial charge in [-0.05, 0) is 93.4 Å². The van der Waals surface area contributed by atoms with E-state index in [9.17, 15) is 0 Å². The number of hydrogen-bond donors (Lipinski definition) is 0. The van der Waals surface area contributed by atoms with Crippen LogP contribution < -0.4 is 5.06 Å². The summed E-state index contributed by atoms with van der Waals surface area (Å²) >= 11 is 0. The van der Waals surface area contributed by atoms with Gasteiger partial charge in [0.2, 0.25) is 0 Å². The molecule has 0 N–H and O–H groups in total. The summed E-state index contributed by atoms with van der Waals surface area (Å²) in [6.07, 6.45) is 42.1. The third-order valence-electron chi connectivity index (χ3n) is 8.69. The molecule has 254 valence electrons. The van der Waals surface area contributed by atoms with Gasteiger partial charge >= 0.3 is 0 Å². The van der Waals surface area contributed by atoms with E-state index in [1.165, 1.54) is 127 Å². The van der Waals surface area contributed by atoms with E-state index in [4.69, 9.17) is 4.84 Å². The van der Waals surface area contributed by atoms with E-state index >= 15 is 0 Å². The van der Waals surface area contributed by atoms with E-state index in [0.717, 1.165) is 43.0 Å². The van der Waals surface area contributed by atoms with Gasteiger partial charge in [-0.3, -0.25) is 9.90 Å². The van der Waals surface area contributed by atoms with Crippen LogP contribution in [-0.2, 0) is 11.3 Å². The third kappa shape index (κ3) is 22.8. The van der Waals surface area contributed by atoms with Crippen molar-refractivity contribution in [3.05, 3.63) is 84.5 Å². The molecule has 45 heavy (non-hydrogen) atoms. The highest BCUT2D eigenvalue weighted by Gasteiger charge is 2.09. The number of hydrogen-bond acceptors (Lipinski definition) is 2. The van der Waals surface area contributed by atoms with Gasteiger partial charge in [0.25, 0.3) is 0 Å². The summed E-state index contributed by atoms with van der Waals surface area (Å²) in [5.41, 5.74) is 4.90. The molecule has 2 heteroatoms. The van der Waals surface area contributed by atoms with Crippen molar-refractivity contribution in [3.63, 3.8) is 0 Å². The van der Waals surface area contributed by atoms with Gasteiger partial charge in [0.05, 0.1) is 12.8 Å². The highest BCUT2D eigenvalue weighted by molar-refractivity contribution is 5.59. The Bertz CT molecular complexity index is 955. The van der Waals surface area contributed by atoms with Crippen LogP contribution >= 0.6 is 0 Å². The average molecular weight is 618 g/mol. The molecule has 1 aromatic carbocycles. The zero-order valence-electron chi connectivity index (χ0n) is 30.2. The molecule has 0 spiro atoms. The molecule has 0 aliphatic rings. The molecule has 0 heterocycles. The largest absolute Gasteiger partial charge is 0.277 e. The molecule has 0 radical (unpaired) electrons. The van der Waals surface area contributed by atoms with Gasteiger partial charge in [0, 0.05) is 6.54 Å². The maximum Gasteiger partial charge on any atom is 0.0645 e. The minimum atomic E-state index is 0.818. The Kier molecular flexibility index (Phi) is 26.3. The topological polar surface area (TPSA) is 12.5 Å². The molecule has 0 saturated heterocycles. The fraction of sp³-hybridized carbons (Fsp3) is 0.628. The van der Waals surface area contributed by atoms with Gasteiger partial charge < -0.3 is 0 Å². The molecule has 0 amide bonds. The molecular formula is C43H71NO. The smallest absolute Gasteiger partial charge is 0.0645 e. The molecule has 0 aromatic heterocycles. The van der Waals surface area contributed by atoms with Crippen LogP contribution in [0.4, 0.5) is 5.69 Å². The van der Waals surface area contributed by atoms with Gasteiger partial charge in [-0.15, -0.1) is 0 Å². The van der Waals surface area contributed by atoms with Crippen LogP contribution in [0.25, 0.3) is 6.08 Å². The SMILES string of the molecule is C=Cc1cc(CC(=C)CCCCCCCC(C)C/C=C/CCCC)cc(N(CCCCCC/C=C/C=C/CCCCC)OC)c1. The fourth-order valence-corrected chi connectivity index (χ4v) is 5.78.